The summed E-state index contributed by atoms with van der Waals surface area (Å²) in [4.78, 5) is 0. The highest BCUT2D eigenvalue weighted by atomic mass is 32.2. The molecule has 1 unspecified atom stereocenters. The molecule has 98 valence electrons. The fourth-order valence-electron chi connectivity index (χ4n) is 1.34. The molecule has 0 aliphatic rings. The smallest absolute Gasteiger partial charge is 0.154 e. The lowest BCUT2D eigenvalue weighted by molar-refractivity contribution is 0.199. The molecule has 0 amide bonds. The van der Waals surface area contributed by atoms with Gasteiger partial charge in [0.1, 0.15) is 0 Å². The number of hydrogen-bond acceptors (Lipinski definition) is 4. The summed E-state index contributed by atoms with van der Waals surface area (Å²) in [5.41, 5.74) is 0. The van der Waals surface area contributed by atoms with Gasteiger partial charge in [0.2, 0.25) is 0 Å². The quantitative estimate of drug-likeness (QED) is 0.593. The summed E-state index contributed by atoms with van der Waals surface area (Å²) in [7, 11) is -1.38. The molecule has 0 aromatic carbocycles. The minimum atomic E-state index is -2.96. The van der Waals surface area contributed by atoms with Crippen LogP contribution < -0.4 is 5.32 Å². The molecule has 0 saturated carbocycles. The van der Waals surface area contributed by atoms with Gasteiger partial charge in [0.15, 0.2) is 9.84 Å². The van der Waals surface area contributed by atoms with Crippen molar-refractivity contribution in [1.82, 2.24) is 5.32 Å². The van der Waals surface area contributed by atoms with Gasteiger partial charge < -0.3 is 10.1 Å². The average molecular weight is 251 g/mol. The van der Waals surface area contributed by atoms with Crippen LogP contribution in [0.4, 0.5) is 0 Å². The van der Waals surface area contributed by atoms with Gasteiger partial charge in [0.25, 0.3) is 0 Å². The summed E-state index contributed by atoms with van der Waals surface area (Å²) < 4.78 is 28.4. The Morgan fingerprint density at radius 1 is 1.31 bits per heavy atom. The Bertz CT molecular complexity index is 252. The highest BCUT2D eigenvalue weighted by Crippen LogP contribution is 2.03. The Hall–Kier alpha value is -0.130. The maximum atomic E-state index is 11.8. The third kappa shape index (κ3) is 7.19. The molecule has 0 bridgehead atoms. The van der Waals surface area contributed by atoms with Crippen molar-refractivity contribution in [3.63, 3.8) is 0 Å². The number of methoxy groups -OCH3 is 1. The second-order valence-corrected chi connectivity index (χ2v) is 6.62. The third-order valence-electron chi connectivity index (χ3n) is 2.53. The first kappa shape index (κ1) is 15.9. The maximum Gasteiger partial charge on any atom is 0.154 e. The number of unbranched alkanes of at least 4 members (excludes halogenated alkanes) is 1. The number of ether oxygens (including phenoxy) is 1. The molecule has 0 aromatic rings. The van der Waals surface area contributed by atoms with Gasteiger partial charge in [-0.3, -0.25) is 0 Å². The lowest BCUT2D eigenvalue weighted by atomic mass is 10.3. The van der Waals surface area contributed by atoms with Crippen molar-refractivity contribution < 1.29 is 13.2 Å². The van der Waals surface area contributed by atoms with Gasteiger partial charge in [-0.25, -0.2) is 8.42 Å². The standard InChI is InChI=1S/C11H25NO3S/c1-4-5-7-12-10-11(2)16(13,14)9-6-8-15-3/h11-12H,4-10H2,1-3H3. The third-order valence-corrected chi connectivity index (χ3v) is 4.78. The zero-order chi connectivity index (χ0) is 12.4. The van der Waals surface area contributed by atoms with Crippen LogP contribution in [0, 0.1) is 0 Å². The Morgan fingerprint density at radius 3 is 2.56 bits per heavy atom. The minimum Gasteiger partial charge on any atom is -0.385 e. The zero-order valence-corrected chi connectivity index (χ0v) is 11.5. The van der Waals surface area contributed by atoms with E-state index < -0.39 is 9.84 Å². The fourth-order valence-corrected chi connectivity index (χ4v) is 2.63. The van der Waals surface area contributed by atoms with Crippen LogP contribution in [0.25, 0.3) is 0 Å². The number of rotatable bonds is 10. The van der Waals surface area contributed by atoms with E-state index in [1.165, 1.54) is 0 Å². The average Bonchev–Trinajstić information content (AvgIpc) is 2.24. The SMILES string of the molecule is CCCCNCC(C)S(=O)(=O)CCCOC. The highest BCUT2D eigenvalue weighted by molar-refractivity contribution is 7.92. The Kier molecular flexibility index (Phi) is 8.89. The summed E-state index contributed by atoms with van der Waals surface area (Å²) in [5, 5.41) is 2.87. The maximum absolute atomic E-state index is 11.8. The lowest BCUT2D eigenvalue weighted by Gasteiger charge is -2.13. The van der Waals surface area contributed by atoms with Gasteiger partial charge in [0, 0.05) is 20.3 Å². The molecule has 0 heterocycles. The number of sulfone groups is 1. The van der Waals surface area contributed by atoms with E-state index in [-0.39, 0.29) is 11.0 Å². The summed E-state index contributed by atoms with van der Waals surface area (Å²) in [6.07, 6.45) is 2.80. The van der Waals surface area contributed by atoms with E-state index in [9.17, 15) is 8.42 Å². The van der Waals surface area contributed by atoms with Crippen LogP contribution >= 0.6 is 0 Å². The first-order chi connectivity index (χ1) is 7.54. The molecule has 0 fully saturated rings. The van der Waals surface area contributed by atoms with Gasteiger partial charge in [-0.05, 0) is 26.3 Å². The van der Waals surface area contributed by atoms with Gasteiger partial charge in [-0.1, -0.05) is 13.3 Å². The van der Waals surface area contributed by atoms with Crippen LogP contribution in [0.5, 0.6) is 0 Å². The van der Waals surface area contributed by atoms with Crippen LogP contribution in [0.3, 0.4) is 0 Å². The predicted octanol–water partition coefficient (Wildman–Crippen LogP) is 1.22. The Labute approximate surface area is 99.7 Å². The minimum absolute atomic E-state index is 0.220. The van der Waals surface area contributed by atoms with E-state index in [0.717, 1.165) is 19.4 Å². The van der Waals surface area contributed by atoms with Crippen LogP contribution in [0.2, 0.25) is 0 Å². The molecule has 1 atom stereocenters. The van der Waals surface area contributed by atoms with Crippen LogP contribution in [0.1, 0.15) is 33.1 Å². The van der Waals surface area contributed by atoms with Crippen molar-refractivity contribution >= 4 is 9.84 Å². The summed E-state index contributed by atoms with van der Waals surface area (Å²) in [5.74, 6) is 0.220. The highest BCUT2D eigenvalue weighted by Gasteiger charge is 2.19. The predicted molar refractivity (Wildman–Crippen MR) is 67.5 cm³/mol. The molecule has 0 aromatic heterocycles. The summed E-state index contributed by atoms with van der Waals surface area (Å²) >= 11 is 0. The van der Waals surface area contributed by atoms with Crippen molar-refractivity contribution in [2.24, 2.45) is 0 Å². The van der Waals surface area contributed by atoms with Crippen LogP contribution in [-0.2, 0) is 14.6 Å². The van der Waals surface area contributed by atoms with Crippen LogP contribution in [0.15, 0.2) is 0 Å². The van der Waals surface area contributed by atoms with E-state index in [1.54, 1.807) is 14.0 Å². The fraction of sp³-hybridized carbons (Fsp3) is 1.00. The van der Waals surface area contributed by atoms with Crippen molar-refractivity contribution in [2.45, 2.75) is 38.4 Å². The Balaban J connectivity index is 3.81. The largest absolute Gasteiger partial charge is 0.385 e. The van der Waals surface area contributed by atoms with Gasteiger partial charge in [-0.2, -0.15) is 0 Å². The molecule has 0 aliphatic heterocycles. The van der Waals surface area contributed by atoms with Gasteiger partial charge in [0.05, 0.1) is 11.0 Å². The first-order valence-electron chi connectivity index (χ1n) is 5.95. The normalized spacial score (nSPS) is 13.9. The molecular weight excluding hydrogens is 226 g/mol. The molecular formula is C11H25NO3S. The van der Waals surface area contributed by atoms with Crippen molar-refractivity contribution in [1.29, 1.82) is 0 Å². The second-order valence-electron chi connectivity index (χ2n) is 4.08. The summed E-state index contributed by atoms with van der Waals surface area (Å²) in [6.45, 7) is 5.84. The van der Waals surface area contributed by atoms with E-state index in [1.807, 2.05) is 0 Å². The first-order valence-corrected chi connectivity index (χ1v) is 7.67. The van der Waals surface area contributed by atoms with Gasteiger partial charge >= 0.3 is 0 Å². The molecule has 0 spiro atoms. The molecule has 0 aliphatic carbocycles. The molecule has 0 saturated heterocycles. The van der Waals surface area contributed by atoms with E-state index in [2.05, 4.69) is 12.2 Å². The zero-order valence-electron chi connectivity index (χ0n) is 10.7. The second kappa shape index (κ2) is 8.96. The van der Waals surface area contributed by atoms with E-state index in [4.69, 9.17) is 4.74 Å². The molecule has 5 heteroatoms. The molecule has 16 heavy (non-hydrogen) atoms. The summed E-state index contributed by atoms with van der Waals surface area (Å²) in [6, 6.07) is 0. The van der Waals surface area contributed by atoms with E-state index >= 15 is 0 Å². The van der Waals surface area contributed by atoms with E-state index in [0.29, 0.717) is 19.6 Å². The topological polar surface area (TPSA) is 55.4 Å². The molecule has 0 rings (SSSR count). The van der Waals surface area contributed by atoms with Crippen molar-refractivity contribution in [3.05, 3.63) is 0 Å². The Morgan fingerprint density at radius 2 is 2.00 bits per heavy atom. The lowest BCUT2D eigenvalue weighted by Crippen LogP contribution is -2.33. The molecule has 0 radical (unpaired) electrons. The van der Waals surface area contributed by atoms with Crippen molar-refractivity contribution in [2.75, 3.05) is 32.6 Å². The van der Waals surface area contributed by atoms with Gasteiger partial charge in [-0.15, -0.1) is 0 Å². The van der Waals surface area contributed by atoms with Crippen LogP contribution in [-0.4, -0.2) is 46.2 Å². The van der Waals surface area contributed by atoms with Crippen molar-refractivity contribution in [3.8, 4) is 0 Å². The molecule has 1 N–H and O–H groups in total. The molecule has 4 nitrogen and oxygen atoms in total. The number of nitrogens with one attached hydrogen (secondary N) is 1. The monoisotopic (exact) mass is 251 g/mol. The number of hydrogen-bond donors (Lipinski definition) is 1.